The maximum Gasteiger partial charge on any atom is 0.338 e. The van der Waals surface area contributed by atoms with Crippen molar-refractivity contribution in [3.63, 3.8) is 0 Å². The number of rotatable bonds is 6. The second-order valence-electron chi connectivity index (χ2n) is 4.08. The van der Waals surface area contributed by atoms with Gasteiger partial charge in [-0.05, 0) is 18.4 Å². The Morgan fingerprint density at radius 1 is 1.56 bits per heavy atom. The second-order valence-corrected chi connectivity index (χ2v) is 5.65. The fourth-order valence-electron chi connectivity index (χ4n) is 1.17. The predicted octanol–water partition coefficient (Wildman–Crippen LogP) is 2.27. The topological polar surface area (TPSA) is 67.5 Å². The van der Waals surface area contributed by atoms with Crippen LogP contribution in [0.15, 0.2) is 16.7 Å². The van der Waals surface area contributed by atoms with E-state index in [1.165, 1.54) is 12.3 Å². The van der Waals surface area contributed by atoms with E-state index < -0.39 is 16.8 Å². The third kappa shape index (κ3) is 4.18. The Labute approximate surface area is 97.1 Å². The van der Waals surface area contributed by atoms with Crippen LogP contribution in [-0.4, -0.2) is 21.0 Å². The van der Waals surface area contributed by atoms with E-state index in [2.05, 4.69) is 13.8 Å². The smallest absolute Gasteiger partial charge is 0.338 e. The van der Waals surface area contributed by atoms with Gasteiger partial charge >= 0.3 is 5.97 Å². The van der Waals surface area contributed by atoms with Gasteiger partial charge in [0.1, 0.15) is 12.0 Å². The summed E-state index contributed by atoms with van der Waals surface area (Å²) in [6.07, 6.45) is 2.08. The third-order valence-electron chi connectivity index (χ3n) is 2.13. The van der Waals surface area contributed by atoms with Crippen molar-refractivity contribution in [2.75, 3.05) is 5.75 Å². The quantitative estimate of drug-likeness (QED) is 0.833. The highest BCUT2D eigenvalue weighted by Crippen LogP contribution is 2.11. The van der Waals surface area contributed by atoms with Gasteiger partial charge in [0, 0.05) is 16.6 Å². The molecule has 0 fully saturated rings. The molecule has 0 saturated carbocycles. The molecule has 0 saturated heterocycles. The zero-order chi connectivity index (χ0) is 12.1. The van der Waals surface area contributed by atoms with Gasteiger partial charge in [-0.2, -0.15) is 0 Å². The van der Waals surface area contributed by atoms with E-state index in [0.717, 1.165) is 6.42 Å². The molecular weight excluding hydrogens is 228 g/mol. The number of carbonyl (C=O) groups is 1. The molecule has 4 nitrogen and oxygen atoms in total. The van der Waals surface area contributed by atoms with Crippen LogP contribution in [0.1, 0.15) is 36.4 Å². The van der Waals surface area contributed by atoms with E-state index in [9.17, 15) is 9.00 Å². The Kier molecular flexibility index (Phi) is 4.73. The molecule has 1 N–H and O–H groups in total. The van der Waals surface area contributed by atoms with Crippen molar-refractivity contribution >= 4 is 16.8 Å². The number of carboxylic acids is 1. The van der Waals surface area contributed by atoms with Gasteiger partial charge in [-0.25, -0.2) is 4.79 Å². The lowest BCUT2D eigenvalue weighted by atomic mass is 10.2. The third-order valence-corrected chi connectivity index (χ3v) is 3.42. The minimum absolute atomic E-state index is 0.107. The molecular formula is C11H16O4S. The Balaban J connectivity index is 2.46. The second kappa shape index (κ2) is 5.84. The summed E-state index contributed by atoms with van der Waals surface area (Å²) in [5, 5.41) is 8.67. The van der Waals surface area contributed by atoms with E-state index in [4.69, 9.17) is 9.52 Å². The molecule has 0 aliphatic carbocycles. The standard InChI is InChI=1S/C11H16O4S/c1-8(2)3-4-16(14)7-10-5-9(6-15-10)11(12)13/h5-6,8H,3-4,7H2,1-2H3,(H,12,13). The average Bonchev–Trinajstić information content (AvgIpc) is 2.63. The van der Waals surface area contributed by atoms with Gasteiger partial charge < -0.3 is 9.52 Å². The van der Waals surface area contributed by atoms with Crippen LogP contribution >= 0.6 is 0 Å². The summed E-state index contributed by atoms with van der Waals surface area (Å²) in [7, 11) is -0.978. The van der Waals surface area contributed by atoms with Crippen LogP contribution in [0.5, 0.6) is 0 Å². The van der Waals surface area contributed by atoms with Crippen molar-refractivity contribution < 1.29 is 18.5 Å². The summed E-state index contributed by atoms with van der Waals surface area (Å²) in [6, 6.07) is 1.43. The van der Waals surface area contributed by atoms with Crippen LogP contribution in [-0.2, 0) is 16.6 Å². The molecule has 16 heavy (non-hydrogen) atoms. The molecule has 5 heteroatoms. The van der Waals surface area contributed by atoms with E-state index >= 15 is 0 Å². The molecule has 1 aromatic rings. The highest BCUT2D eigenvalue weighted by molar-refractivity contribution is 7.84. The fourth-order valence-corrected chi connectivity index (χ4v) is 2.51. The average molecular weight is 244 g/mol. The lowest BCUT2D eigenvalue weighted by Crippen LogP contribution is -2.03. The van der Waals surface area contributed by atoms with Crippen molar-refractivity contribution in [3.8, 4) is 0 Å². The Morgan fingerprint density at radius 2 is 2.25 bits per heavy atom. The molecule has 1 heterocycles. The minimum atomic E-state index is -1.03. The van der Waals surface area contributed by atoms with Crippen LogP contribution in [0.4, 0.5) is 0 Å². The molecule has 0 aliphatic rings. The maximum absolute atomic E-state index is 11.6. The Morgan fingerprint density at radius 3 is 2.75 bits per heavy atom. The predicted molar refractivity (Wildman–Crippen MR) is 61.8 cm³/mol. The van der Waals surface area contributed by atoms with Crippen LogP contribution in [0.3, 0.4) is 0 Å². The van der Waals surface area contributed by atoms with Gasteiger partial charge in [0.05, 0.1) is 11.3 Å². The van der Waals surface area contributed by atoms with Gasteiger partial charge in [0.15, 0.2) is 0 Å². The normalized spacial score (nSPS) is 12.9. The van der Waals surface area contributed by atoms with Gasteiger partial charge in [-0.1, -0.05) is 13.8 Å². The lowest BCUT2D eigenvalue weighted by molar-refractivity contribution is 0.0696. The molecule has 1 rings (SSSR count). The summed E-state index contributed by atoms with van der Waals surface area (Å²) in [6.45, 7) is 4.15. The van der Waals surface area contributed by atoms with E-state index in [1.807, 2.05) is 0 Å². The number of furan rings is 1. The molecule has 0 amide bonds. The zero-order valence-electron chi connectivity index (χ0n) is 9.43. The van der Waals surface area contributed by atoms with Gasteiger partial charge in [-0.15, -0.1) is 0 Å². The molecule has 0 aromatic carbocycles. The Bertz CT molecular complexity index is 381. The first-order valence-corrected chi connectivity index (χ1v) is 6.63. The molecule has 1 unspecified atom stereocenters. The molecule has 0 spiro atoms. The van der Waals surface area contributed by atoms with E-state index in [0.29, 0.717) is 23.2 Å². The maximum atomic E-state index is 11.6. The first-order valence-electron chi connectivity index (χ1n) is 5.14. The Hall–Kier alpha value is -1.10. The number of carboxylic acid groups (broad SMARTS) is 1. The highest BCUT2D eigenvalue weighted by atomic mass is 32.2. The van der Waals surface area contributed by atoms with Crippen LogP contribution in [0, 0.1) is 5.92 Å². The largest absolute Gasteiger partial charge is 0.478 e. The molecule has 0 aliphatic heterocycles. The summed E-state index contributed by atoms with van der Waals surface area (Å²) >= 11 is 0. The zero-order valence-corrected chi connectivity index (χ0v) is 10.3. The summed E-state index contributed by atoms with van der Waals surface area (Å²) < 4.78 is 16.6. The van der Waals surface area contributed by atoms with Crippen LogP contribution < -0.4 is 0 Å². The number of hydrogen-bond acceptors (Lipinski definition) is 3. The summed E-state index contributed by atoms with van der Waals surface area (Å²) in [5.41, 5.74) is 0.107. The first-order chi connectivity index (χ1) is 7.49. The molecule has 0 radical (unpaired) electrons. The molecule has 0 bridgehead atoms. The summed E-state index contributed by atoms with van der Waals surface area (Å²) in [5.74, 6) is 0.887. The van der Waals surface area contributed by atoms with E-state index in [1.54, 1.807) is 0 Å². The SMILES string of the molecule is CC(C)CCS(=O)Cc1cc(C(=O)O)co1. The van der Waals surface area contributed by atoms with E-state index in [-0.39, 0.29) is 5.56 Å². The minimum Gasteiger partial charge on any atom is -0.478 e. The van der Waals surface area contributed by atoms with Crippen LogP contribution in [0.2, 0.25) is 0 Å². The van der Waals surface area contributed by atoms with Crippen molar-refractivity contribution in [2.45, 2.75) is 26.0 Å². The van der Waals surface area contributed by atoms with Crippen LogP contribution in [0.25, 0.3) is 0 Å². The van der Waals surface area contributed by atoms with Crippen molar-refractivity contribution in [1.29, 1.82) is 0 Å². The van der Waals surface area contributed by atoms with Gasteiger partial charge in [-0.3, -0.25) is 4.21 Å². The number of hydrogen-bond donors (Lipinski definition) is 1. The van der Waals surface area contributed by atoms with Crippen molar-refractivity contribution in [1.82, 2.24) is 0 Å². The molecule has 90 valence electrons. The molecule has 1 aromatic heterocycles. The first kappa shape index (κ1) is 13.0. The monoisotopic (exact) mass is 244 g/mol. The highest BCUT2D eigenvalue weighted by Gasteiger charge is 2.11. The van der Waals surface area contributed by atoms with Crippen molar-refractivity contribution in [2.24, 2.45) is 5.92 Å². The van der Waals surface area contributed by atoms with Gasteiger partial charge in [0.2, 0.25) is 0 Å². The van der Waals surface area contributed by atoms with Gasteiger partial charge in [0.25, 0.3) is 0 Å². The number of aromatic carboxylic acids is 1. The molecule has 1 atom stereocenters. The lowest BCUT2D eigenvalue weighted by Gasteiger charge is -2.02. The van der Waals surface area contributed by atoms with Crippen molar-refractivity contribution in [3.05, 3.63) is 23.7 Å². The fraction of sp³-hybridized carbons (Fsp3) is 0.545. The summed E-state index contributed by atoms with van der Waals surface area (Å²) in [4.78, 5) is 10.6.